The third kappa shape index (κ3) is 6.24. The van der Waals surface area contributed by atoms with E-state index in [1.54, 1.807) is 0 Å². The number of aliphatic hydroxyl groups is 1. The molecule has 2 bridgehead atoms. The van der Waals surface area contributed by atoms with Crippen LogP contribution in [-0.2, 0) is 16.8 Å². The van der Waals surface area contributed by atoms with Gasteiger partial charge in [0.25, 0.3) is 0 Å². The molecule has 1 N–H and O–H groups in total. The Hall–Kier alpha value is -1.98. The van der Waals surface area contributed by atoms with Crippen molar-refractivity contribution in [2.45, 2.75) is 37.4 Å². The van der Waals surface area contributed by atoms with E-state index in [9.17, 15) is 5.11 Å². The van der Waals surface area contributed by atoms with Crippen molar-refractivity contribution in [2.24, 2.45) is 5.92 Å². The van der Waals surface area contributed by atoms with Crippen LogP contribution in [-0.4, -0.2) is 54.3 Å². The van der Waals surface area contributed by atoms with Gasteiger partial charge in [-0.05, 0) is 28.9 Å². The second-order valence-electron chi connectivity index (χ2n) is 10.1. The maximum absolute atomic E-state index is 11.9. The number of aryl methyl sites for hydroxylation is 1. The highest BCUT2D eigenvalue weighted by molar-refractivity contribution is 9.08. The molecule has 0 spiro atoms. The van der Waals surface area contributed by atoms with E-state index in [2.05, 4.69) is 46.3 Å². The summed E-state index contributed by atoms with van der Waals surface area (Å²) in [6.45, 7) is 5.16. The van der Waals surface area contributed by atoms with Crippen molar-refractivity contribution in [2.75, 3.05) is 38.6 Å². The molecule has 0 aliphatic carbocycles. The van der Waals surface area contributed by atoms with Crippen LogP contribution in [0.2, 0.25) is 0 Å². The van der Waals surface area contributed by atoms with Gasteiger partial charge in [0, 0.05) is 25.2 Å². The summed E-state index contributed by atoms with van der Waals surface area (Å²) in [5.74, 6) is 2.43. The first-order valence-corrected chi connectivity index (χ1v) is 14.5. The third-order valence-electron chi connectivity index (χ3n) is 7.99. The van der Waals surface area contributed by atoms with E-state index in [1.165, 1.54) is 48.9 Å². The summed E-state index contributed by atoms with van der Waals surface area (Å²) >= 11 is 2.94. The van der Waals surface area contributed by atoms with Crippen LogP contribution < -0.4 is 0 Å². The quantitative estimate of drug-likeness (QED) is 0.261. The van der Waals surface area contributed by atoms with Gasteiger partial charge in [-0.3, -0.25) is 0 Å². The highest BCUT2D eigenvalue weighted by Gasteiger charge is 2.47. The number of rotatable bonds is 9. The number of benzene rings is 3. The highest BCUT2D eigenvalue weighted by Crippen LogP contribution is 2.38. The lowest BCUT2D eigenvalue weighted by molar-refractivity contribution is -0.946. The van der Waals surface area contributed by atoms with Crippen molar-refractivity contribution in [3.8, 4) is 0 Å². The average Bonchev–Trinajstić information content (AvgIpc) is 2.95. The Kier molecular flexibility index (Phi) is 9.18. The summed E-state index contributed by atoms with van der Waals surface area (Å²) in [5, 5.41) is 11.9. The summed E-state index contributed by atoms with van der Waals surface area (Å²) < 4.78 is 7.80. The molecule has 3 aliphatic rings. The molecule has 3 saturated heterocycles. The maximum atomic E-state index is 11.9. The van der Waals surface area contributed by atoms with Crippen molar-refractivity contribution in [3.63, 3.8) is 0 Å². The zero-order valence-electron chi connectivity index (χ0n) is 20.9. The number of piperidine rings is 3. The molecule has 6 rings (SSSR count). The Labute approximate surface area is 219 Å². The molecule has 3 aromatic rings. The Morgan fingerprint density at radius 1 is 0.829 bits per heavy atom. The largest absolute Gasteiger partial charge is 0.378 e. The summed E-state index contributed by atoms with van der Waals surface area (Å²) in [5.41, 5.74) is 2.09. The van der Waals surface area contributed by atoms with Gasteiger partial charge in [-0.15, -0.1) is 0 Å². The van der Waals surface area contributed by atoms with Crippen LogP contribution in [0.25, 0.3) is 0 Å². The smallest absolute Gasteiger partial charge is 0.138 e. The minimum atomic E-state index is -1.13. The van der Waals surface area contributed by atoms with Gasteiger partial charge in [0.1, 0.15) is 18.2 Å². The van der Waals surface area contributed by atoms with Gasteiger partial charge < -0.3 is 14.3 Å². The monoisotopic (exact) mass is 536 g/mol. The summed E-state index contributed by atoms with van der Waals surface area (Å²) in [6, 6.07) is 30.8. The van der Waals surface area contributed by atoms with Crippen LogP contribution in [0, 0.1) is 5.92 Å². The zero-order valence-corrected chi connectivity index (χ0v) is 22.4. The van der Waals surface area contributed by atoms with Gasteiger partial charge in [0.05, 0.1) is 26.2 Å². The molecule has 3 heterocycles. The van der Waals surface area contributed by atoms with E-state index in [0.29, 0.717) is 12.5 Å². The first kappa shape index (κ1) is 26.1. The number of nitrogens with zero attached hydrogens (tertiary/aromatic N) is 1. The minimum Gasteiger partial charge on any atom is -0.378 e. The molecule has 0 aromatic heterocycles. The SMILES string of the molecule is CBr.OC(COC1C[N+]2(CCCc3ccccc3)CCC1CC2)(c1ccccc1)c1ccccc1. The molecule has 3 fully saturated rings. The molecular weight excluding hydrogens is 498 g/mol. The third-order valence-corrected chi connectivity index (χ3v) is 7.99. The van der Waals surface area contributed by atoms with Crippen LogP contribution in [0.15, 0.2) is 91.0 Å². The number of halogens is 1. The van der Waals surface area contributed by atoms with E-state index >= 15 is 0 Å². The fourth-order valence-electron chi connectivity index (χ4n) is 5.98. The van der Waals surface area contributed by atoms with E-state index in [0.717, 1.165) is 24.1 Å². The number of hydrogen-bond acceptors (Lipinski definition) is 2. The molecule has 3 aliphatic heterocycles. The van der Waals surface area contributed by atoms with Gasteiger partial charge in [-0.2, -0.15) is 0 Å². The number of ether oxygens (including phenoxy) is 1. The summed E-state index contributed by atoms with van der Waals surface area (Å²) in [4.78, 5) is 0. The molecule has 1 unspecified atom stereocenters. The number of alkyl halides is 1. The lowest BCUT2D eigenvalue weighted by Crippen LogP contribution is -2.64. The van der Waals surface area contributed by atoms with E-state index < -0.39 is 5.60 Å². The maximum Gasteiger partial charge on any atom is 0.138 e. The van der Waals surface area contributed by atoms with Gasteiger partial charge in [-0.1, -0.05) is 107 Å². The first-order valence-electron chi connectivity index (χ1n) is 12.9. The van der Waals surface area contributed by atoms with Crippen LogP contribution in [0.4, 0.5) is 0 Å². The zero-order chi connectivity index (χ0) is 24.6. The average molecular weight is 538 g/mol. The van der Waals surface area contributed by atoms with Gasteiger partial charge in [-0.25, -0.2) is 0 Å². The van der Waals surface area contributed by atoms with Crippen molar-refractivity contribution >= 4 is 15.9 Å². The molecule has 0 radical (unpaired) electrons. The van der Waals surface area contributed by atoms with E-state index in [-0.39, 0.29) is 6.10 Å². The Morgan fingerprint density at radius 3 is 1.89 bits per heavy atom. The van der Waals surface area contributed by atoms with Crippen molar-refractivity contribution < 1.29 is 14.3 Å². The fraction of sp³-hybridized carbons (Fsp3) is 0.419. The molecule has 1 atom stereocenters. The molecular formula is C31H39BrNO2+. The van der Waals surface area contributed by atoms with Gasteiger partial charge in [0.15, 0.2) is 0 Å². The number of quaternary nitrogens is 1. The second-order valence-corrected chi connectivity index (χ2v) is 10.1. The molecule has 3 nitrogen and oxygen atoms in total. The predicted octanol–water partition coefficient (Wildman–Crippen LogP) is 6.19. The number of fused-ring (bicyclic) bond motifs is 3. The molecule has 0 amide bonds. The first-order chi connectivity index (χ1) is 17.2. The number of hydrogen-bond donors (Lipinski definition) is 1. The topological polar surface area (TPSA) is 29.5 Å². The predicted molar refractivity (Wildman–Crippen MR) is 148 cm³/mol. The highest BCUT2D eigenvalue weighted by atomic mass is 79.9. The normalized spacial score (nSPS) is 23.4. The standard InChI is InChI=1S/C30H36NO2.CH3Br/c32-30(27-14-6-2-7-15-27,28-16-8-3-9-17-28)24-33-29-23-31(21-18-26(29)19-22-31)20-10-13-25-11-4-1-5-12-25;1-2/h1-9,11-12,14-17,26,29,32H,10,13,18-24H2;1H3/q+1;. The Balaban J connectivity index is 0.00000141. The summed E-state index contributed by atoms with van der Waals surface area (Å²) in [6.07, 6.45) is 5.08. The van der Waals surface area contributed by atoms with Crippen LogP contribution in [0.3, 0.4) is 0 Å². The molecule has 186 valence electrons. The van der Waals surface area contributed by atoms with Crippen molar-refractivity contribution in [3.05, 3.63) is 108 Å². The second kappa shape index (κ2) is 12.3. The van der Waals surface area contributed by atoms with Gasteiger partial charge in [0.2, 0.25) is 0 Å². The van der Waals surface area contributed by atoms with Gasteiger partial charge >= 0.3 is 0 Å². The Bertz CT molecular complexity index is 964. The van der Waals surface area contributed by atoms with Crippen molar-refractivity contribution in [1.29, 1.82) is 0 Å². The minimum absolute atomic E-state index is 0.225. The van der Waals surface area contributed by atoms with Crippen LogP contribution in [0.1, 0.15) is 36.0 Å². The van der Waals surface area contributed by atoms with Crippen molar-refractivity contribution in [1.82, 2.24) is 0 Å². The lowest BCUT2D eigenvalue weighted by atomic mass is 9.82. The van der Waals surface area contributed by atoms with E-state index in [1.807, 2.05) is 66.5 Å². The van der Waals surface area contributed by atoms with E-state index in [4.69, 9.17) is 4.74 Å². The summed E-state index contributed by atoms with van der Waals surface area (Å²) in [7, 11) is 0. The van der Waals surface area contributed by atoms with Crippen LogP contribution in [0.5, 0.6) is 0 Å². The molecule has 0 saturated carbocycles. The Morgan fingerprint density at radius 2 is 1.34 bits per heavy atom. The van der Waals surface area contributed by atoms with Crippen LogP contribution >= 0.6 is 15.9 Å². The molecule has 4 heteroatoms. The molecule has 35 heavy (non-hydrogen) atoms. The lowest BCUT2D eigenvalue weighted by Gasteiger charge is -2.53. The fourth-order valence-corrected chi connectivity index (χ4v) is 5.98. The molecule has 3 aromatic carbocycles.